The Hall–Kier alpha value is -5.55. The molecule has 0 saturated carbocycles. The number of alkyl halides is 7. The number of fused-ring (bicyclic) bond motifs is 3. The molecule has 1 aliphatic carbocycles. The van der Waals surface area contributed by atoms with Crippen LogP contribution in [-0.4, -0.2) is 72.1 Å². The number of ether oxygens (including phenoxy) is 1. The molecule has 0 bridgehead atoms. The van der Waals surface area contributed by atoms with E-state index in [9.17, 15) is 40.3 Å². The van der Waals surface area contributed by atoms with E-state index in [4.69, 9.17) is 16.3 Å². The minimum absolute atomic E-state index is 0.0707. The third kappa shape index (κ3) is 8.87. The number of pyridine rings is 1. The van der Waals surface area contributed by atoms with Gasteiger partial charge in [0.2, 0.25) is 11.8 Å². The molecule has 0 spiro atoms. The van der Waals surface area contributed by atoms with Crippen LogP contribution in [0, 0.1) is 17.6 Å². The average molecular weight is 917 g/mol. The zero-order valence-corrected chi connectivity index (χ0v) is 34.1. The first-order chi connectivity index (χ1) is 29.3. The van der Waals surface area contributed by atoms with Gasteiger partial charge < -0.3 is 20.1 Å². The normalized spacial score (nSPS) is 15.4. The van der Waals surface area contributed by atoms with Crippen molar-refractivity contribution in [2.24, 2.45) is 13.0 Å². The van der Waals surface area contributed by atoms with Crippen LogP contribution in [0.3, 0.4) is 0 Å². The highest BCUT2D eigenvalue weighted by Gasteiger charge is 2.51. The van der Waals surface area contributed by atoms with Crippen molar-refractivity contribution in [3.8, 4) is 11.6 Å². The zero-order chi connectivity index (χ0) is 44.8. The predicted octanol–water partition coefficient (Wildman–Crippen LogP) is 7.34. The van der Waals surface area contributed by atoms with Gasteiger partial charge in [0.15, 0.2) is 11.5 Å². The van der Waals surface area contributed by atoms with Crippen molar-refractivity contribution >= 4 is 57.2 Å². The number of rotatable bonds is 15. The van der Waals surface area contributed by atoms with Gasteiger partial charge in [-0.05, 0) is 42.3 Å². The zero-order valence-electron chi connectivity index (χ0n) is 32.6. The van der Waals surface area contributed by atoms with Crippen LogP contribution >= 0.6 is 23.5 Å². The fourth-order valence-electron chi connectivity index (χ4n) is 7.37. The lowest BCUT2D eigenvalue weighted by Gasteiger charge is -2.24. The number of anilines is 1. The number of benzene rings is 2. The fourth-order valence-corrected chi connectivity index (χ4v) is 7.95. The smallest absolute Gasteiger partial charge is 0.401 e. The number of nitrogens with zero attached hydrogens (tertiary/aromatic N) is 7. The Kier molecular flexibility index (Phi) is 12.4. The quantitative estimate of drug-likeness (QED) is 0.0544. The van der Waals surface area contributed by atoms with Crippen molar-refractivity contribution in [2.45, 2.75) is 50.9 Å². The van der Waals surface area contributed by atoms with Gasteiger partial charge in [-0.3, -0.25) is 23.5 Å². The number of halogens is 10. The lowest BCUT2D eigenvalue weighted by Crippen LogP contribution is -2.38. The predicted molar refractivity (Wildman–Crippen MR) is 211 cm³/mol. The van der Waals surface area contributed by atoms with Crippen molar-refractivity contribution < 1.29 is 49.0 Å². The van der Waals surface area contributed by atoms with E-state index in [0.29, 0.717) is 22.0 Å². The second-order valence-electron chi connectivity index (χ2n) is 14.3. The molecule has 4 heterocycles. The number of hydrogen-bond donors (Lipinski definition) is 3. The molecule has 4 aromatic heterocycles. The van der Waals surface area contributed by atoms with Gasteiger partial charge >= 0.3 is 6.18 Å². The Morgan fingerprint density at radius 2 is 1.81 bits per heavy atom. The summed E-state index contributed by atoms with van der Waals surface area (Å²) in [5, 5.41) is 13.4. The van der Waals surface area contributed by atoms with Gasteiger partial charge in [0, 0.05) is 49.9 Å². The van der Waals surface area contributed by atoms with Crippen LogP contribution in [0.4, 0.5) is 45.3 Å². The summed E-state index contributed by atoms with van der Waals surface area (Å²) in [5.41, 5.74) is -2.99. The maximum absolute atomic E-state index is 15.4. The van der Waals surface area contributed by atoms with Crippen LogP contribution in [0.2, 0.25) is 5.02 Å². The van der Waals surface area contributed by atoms with Crippen molar-refractivity contribution in [2.75, 3.05) is 30.7 Å². The number of carbonyl (C=O) groups is 1. The third-order valence-electron chi connectivity index (χ3n) is 9.98. The summed E-state index contributed by atoms with van der Waals surface area (Å²) in [4.78, 5) is 37.8. The van der Waals surface area contributed by atoms with Gasteiger partial charge in [-0.15, -0.1) is 0 Å². The average Bonchev–Trinajstić information content (AvgIpc) is 3.79. The molecular formula is C38H34ClF9N10O3S. The van der Waals surface area contributed by atoms with Crippen molar-refractivity contribution in [1.82, 2.24) is 44.7 Å². The first-order valence-corrected chi connectivity index (χ1v) is 20.2. The topological polar surface area (TPSA) is 146 Å². The summed E-state index contributed by atoms with van der Waals surface area (Å²) in [7, 11) is 1.56. The number of hydrogen-bond acceptors (Lipinski definition) is 10. The molecule has 0 aliphatic heterocycles. The van der Waals surface area contributed by atoms with Gasteiger partial charge in [0.1, 0.15) is 42.0 Å². The molecule has 13 nitrogen and oxygen atoms in total. The first kappa shape index (κ1) is 44.5. The molecule has 2 atom stereocenters. The number of carbonyl (C=O) groups excluding carboxylic acids is 1. The largest absolute Gasteiger partial charge is 0.476 e. The lowest BCUT2D eigenvalue weighted by atomic mass is 10.0. The molecule has 3 N–H and O–H groups in total. The number of aromatic nitrogens is 7. The van der Waals surface area contributed by atoms with Crippen molar-refractivity contribution in [1.29, 1.82) is 0 Å². The van der Waals surface area contributed by atoms with E-state index >= 15 is 8.78 Å². The maximum atomic E-state index is 15.4. The fraction of sp³-hybridized carbons (Fsp3) is 0.368. The SMILES string of the molecule is CSNc1nn(C)c2c(-n3c(C(Cc4cc(F)cc(F)c4)NC(=O)Cn4nc(C(F)F)c5c4C(F)(F)C(C)C5)nc4nc(OCCNCC(F)(F)F)ccc4c3=O)ccc(Cl)c12. The van der Waals surface area contributed by atoms with E-state index in [1.807, 2.05) is 0 Å². The third-order valence-corrected chi connectivity index (χ3v) is 10.7. The molecule has 6 aromatic rings. The van der Waals surface area contributed by atoms with Gasteiger partial charge in [-0.25, -0.2) is 22.5 Å². The number of amides is 1. The molecule has 7 rings (SSSR count). The maximum Gasteiger partial charge on any atom is 0.401 e. The number of nitrogens with one attached hydrogen (secondary N) is 3. The molecule has 0 radical (unpaired) electrons. The highest BCUT2D eigenvalue weighted by Crippen LogP contribution is 2.48. The van der Waals surface area contributed by atoms with E-state index in [1.165, 1.54) is 47.8 Å². The van der Waals surface area contributed by atoms with Crippen LogP contribution in [0.1, 0.15) is 47.7 Å². The Morgan fingerprint density at radius 1 is 1.08 bits per heavy atom. The molecule has 62 heavy (non-hydrogen) atoms. The summed E-state index contributed by atoms with van der Waals surface area (Å²) >= 11 is 7.85. The highest BCUT2D eigenvalue weighted by molar-refractivity contribution is 7.99. The van der Waals surface area contributed by atoms with E-state index in [0.717, 1.165) is 16.7 Å². The van der Waals surface area contributed by atoms with Crippen LogP contribution < -0.4 is 25.7 Å². The molecule has 2 aromatic carbocycles. The monoisotopic (exact) mass is 916 g/mol. The first-order valence-electron chi connectivity index (χ1n) is 18.6. The standard InChI is InChI=1S/C38H34ClF9N10O3S/c1-17-10-22-29(32(42)43)53-57(31(22)38(17,47)48)15-26(59)50-24(13-18-11-19(40)14-20(41)12-18)35-52-33-21(4-7-27(51-33)61-9-8-49-16-37(44,45)46)36(60)58(35)25-6-5-23(39)28-30(25)56(2)54-34(28)55-62-3/h4-7,11-12,14,17,24,32,49H,8-10,13,15-16H2,1-3H3,(H,50,59)(H,54,55). The lowest BCUT2D eigenvalue weighted by molar-refractivity contribution is -0.125. The Bertz CT molecular complexity index is 2720. The second kappa shape index (κ2) is 17.3. The number of aryl methyl sites for hydroxylation is 1. The highest BCUT2D eigenvalue weighted by atomic mass is 35.5. The summed E-state index contributed by atoms with van der Waals surface area (Å²) in [5.74, 6) is -8.33. The van der Waals surface area contributed by atoms with Gasteiger partial charge in [-0.1, -0.05) is 30.5 Å². The van der Waals surface area contributed by atoms with Gasteiger partial charge in [0.05, 0.1) is 39.6 Å². The van der Waals surface area contributed by atoms with E-state index in [1.54, 1.807) is 13.3 Å². The minimum atomic E-state index is -4.47. The molecule has 1 aliphatic rings. The van der Waals surface area contributed by atoms with Gasteiger partial charge in [0.25, 0.3) is 17.9 Å². The van der Waals surface area contributed by atoms with Crippen molar-refractivity contribution in [3.63, 3.8) is 0 Å². The molecule has 24 heteroatoms. The van der Waals surface area contributed by atoms with E-state index < -0.39 is 90.9 Å². The summed E-state index contributed by atoms with van der Waals surface area (Å²) in [6.45, 7) is -1.68. The van der Waals surface area contributed by atoms with Crippen molar-refractivity contribution in [3.05, 3.63) is 97.8 Å². The summed E-state index contributed by atoms with van der Waals surface area (Å²) in [6.07, 6.45) is -6.92. The molecule has 0 fully saturated rings. The molecule has 2 unspecified atom stereocenters. The minimum Gasteiger partial charge on any atom is -0.476 e. The van der Waals surface area contributed by atoms with E-state index in [-0.39, 0.29) is 63.2 Å². The van der Waals surface area contributed by atoms with Crippen LogP contribution in [0.25, 0.3) is 27.6 Å². The van der Waals surface area contributed by atoms with Crippen LogP contribution in [-0.2, 0) is 37.2 Å². The molecule has 1 amide bonds. The summed E-state index contributed by atoms with van der Waals surface area (Å²) < 4.78 is 138. The molecule has 0 saturated heterocycles. The Balaban J connectivity index is 1.39. The second-order valence-corrected chi connectivity index (χ2v) is 15.4. The Morgan fingerprint density at radius 3 is 2.48 bits per heavy atom. The molecule has 330 valence electrons. The Labute approximate surface area is 354 Å². The molecular weight excluding hydrogens is 883 g/mol. The summed E-state index contributed by atoms with van der Waals surface area (Å²) in [6, 6.07) is 6.41. The van der Waals surface area contributed by atoms with Crippen LogP contribution in [0.5, 0.6) is 5.88 Å². The van der Waals surface area contributed by atoms with E-state index in [2.05, 4.69) is 35.5 Å². The van der Waals surface area contributed by atoms with Crippen LogP contribution in [0.15, 0.2) is 47.3 Å². The van der Waals surface area contributed by atoms with Gasteiger partial charge in [-0.2, -0.15) is 37.1 Å².